The summed E-state index contributed by atoms with van der Waals surface area (Å²) < 4.78 is 0.338. The van der Waals surface area contributed by atoms with Gasteiger partial charge >= 0.3 is 5.97 Å². The molecule has 0 bridgehead atoms. The molecule has 0 aliphatic rings. The predicted octanol–water partition coefficient (Wildman–Crippen LogP) is 0.655. The van der Waals surface area contributed by atoms with Gasteiger partial charge in [0.05, 0.1) is 21.1 Å². The summed E-state index contributed by atoms with van der Waals surface area (Å²) in [6, 6.07) is 0. The number of hydrogen-bond donors (Lipinski definition) is 3. The molecule has 21 heavy (non-hydrogen) atoms. The number of unbranched alkanes of at least 4 members (excludes halogenated alkanes) is 3. The molecule has 0 amide bonds. The average molecular weight is 304 g/mol. The average Bonchev–Trinajstić information content (AvgIpc) is 2.31. The number of ketones is 1. The molecule has 0 fully saturated rings. The standard InChI is InChI=1S/C15H29NO5/c1-5-6-7-8-9-11(17)14(19)13(15(20)21)12(18)10-16(2,3)4/h11-13,17-18H,5-10H2,1-4H3/p+1. The number of aliphatic carboxylic acids is 1. The molecule has 3 N–H and O–H groups in total. The monoisotopic (exact) mass is 304 g/mol. The summed E-state index contributed by atoms with van der Waals surface area (Å²) in [6.07, 6.45) is 1.28. The fraction of sp³-hybridized carbons (Fsp3) is 0.867. The number of aliphatic hydroxyl groups excluding tert-OH is 2. The maximum absolute atomic E-state index is 12.1. The van der Waals surface area contributed by atoms with Crippen molar-refractivity contribution in [1.82, 2.24) is 0 Å². The van der Waals surface area contributed by atoms with Crippen LogP contribution in [0.2, 0.25) is 0 Å². The Morgan fingerprint density at radius 3 is 2.05 bits per heavy atom. The number of carboxylic acids is 1. The quantitative estimate of drug-likeness (QED) is 0.296. The van der Waals surface area contributed by atoms with Gasteiger partial charge in [-0.3, -0.25) is 9.59 Å². The van der Waals surface area contributed by atoms with Gasteiger partial charge in [-0.1, -0.05) is 32.6 Å². The number of Topliss-reactive ketones (excluding diaryl/α,β-unsaturated/α-hetero) is 1. The third-order valence-electron chi connectivity index (χ3n) is 3.35. The number of carbonyl (C=O) groups is 2. The van der Waals surface area contributed by atoms with Gasteiger partial charge in [0.15, 0.2) is 5.78 Å². The Labute approximate surface area is 127 Å². The van der Waals surface area contributed by atoms with E-state index >= 15 is 0 Å². The molecule has 0 heterocycles. The molecule has 3 unspecified atom stereocenters. The molecule has 0 aliphatic heterocycles. The SMILES string of the molecule is CCCCCCC(O)C(=O)C(C(=O)O)C(O)C[N+](C)(C)C. The minimum atomic E-state index is -1.57. The van der Waals surface area contributed by atoms with Gasteiger partial charge in [0.1, 0.15) is 24.7 Å². The minimum Gasteiger partial charge on any atom is -0.481 e. The topological polar surface area (TPSA) is 94.8 Å². The fourth-order valence-electron chi connectivity index (χ4n) is 2.26. The van der Waals surface area contributed by atoms with Crippen molar-refractivity contribution in [2.75, 3.05) is 27.7 Å². The maximum atomic E-state index is 12.1. The Hall–Kier alpha value is -0.980. The molecule has 0 spiro atoms. The van der Waals surface area contributed by atoms with Crippen molar-refractivity contribution in [2.45, 2.75) is 51.2 Å². The zero-order chi connectivity index (χ0) is 16.6. The highest BCUT2D eigenvalue weighted by molar-refractivity contribution is 6.01. The van der Waals surface area contributed by atoms with Gasteiger partial charge < -0.3 is 19.8 Å². The van der Waals surface area contributed by atoms with E-state index in [1.807, 2.05) is 0 Å². The largest absolute Gasteiger partial charge is 0.481 e. The van der Waals surface area contributed by atoms with Gasteiger partial charge in [-0.05, 0) is 6.42 Å². The second kappa shape index (κ2) is 9.12. The number of quaternary nitrogens is 1. The normalized spacial score (nSPS) is 16.3. The second-order valence-electron chi connectivity index (χ2n) is 6.62. The summed E-state index contributed by atoms with van der Waals surface area (Å²) in [7, 11) is 5.40. The molecular formula is C15H30NO5+. The highest BCUT2D eigenvalue weighted by atomic mass is 16.4. The Balaban J connectivity index is 4.64. The molecule has 0 aliphatic carbocycles. The van der Waals surface area contributed by atoms with Crippen LogP contribution in [0.3, 0.4) is 0 Å². The van der Waals surface area contributed by atoms with Crippen LogP contribution >= 0.6 is 0 Å². The first-order chi connectivity index (χ1) is 9.60. The van der Waals surface area contributed by atoms with Gasteiger partial charge in [-0.2, -0.15) is 0 Å². The van der Waals surface area contributed by atoms with Crippen LogP contribution in [0.15, 0.2) is 0 Å². The van der Waals surface area contributed by atoms with E-state index in [-0.39, 0.29) is 13.0 Å². The lowest BCUT2D eigenvalue weighted by Gasteiger charge is -2.29. The Bertz CT molecular complexity index is 337. The van der Waals surface area contributed by atoms with Crippen LogP contribution in [-0.2, 0) is 9.59 Å². The predicted molar refractivity (Wildman–Crippen MR) is 79.8 cm³/mol. The minimum absolute atomic E-state index is 0.130. The van der Waals surface area contributed by atoms with Crippen LogP contribution in [-0.4, -0.2) is 71.5 Å². The van der Waals surface area contributed by atoms with E-state index in [2.05, 4.69) is 6.92 Å². The summed E-state index contributed by atoms with van der Waals surface area (Å²) in [5.74, 6) is -3.74. The smallest absolute Gasteiger partial charge is 0.317 e. The molecule has 6 nitrogen and oxygen atoms in total. The summed E-state index contributed by atoms with van der Waals surface area (Å²) in [6.45, 7) is 2.19. The van der Waals surface area contributed by atoms with E-state index < -0.39 is 29.9 Å². The van der Waals surface area contributed by atoms with E-state index in [0.29, 0.717) is 10.9 Å². The molecule has 6 heteroatoms. The first kappa shape index (κ1) is 20.0. The molecule has 0 saturated carbocycles. The molecule has 0 aromatic carbocycles. The molecule has 3 atom stereocenters. The van der Waals surface area contributed by atoms with Crippen molar-refractivity contribution in [3.8, 4) is 0 Å². The lowest BCUT2D eigenvalue weighted by Crippen LogP contribution is -2.49. The second-order valence-corrected chi connectivity index (χ2v) is 6.62. The van der Waals surface area contributed by atoms with Crippen molar-refractivity contribution in [3.05, 3.63) is 0 Å². The molecule has 0 aromatic rings. The lowest BCUT2D eigenvalue weighted by molar-refractivity contribution is -0.873. The molecule has 0 radical (unpaired) electrons. The Kier molecular flexibility index (Phi) is 8.70. The molecule has 0 saturated heterocycles. The van der Waals surface area contributed by atoms with Crippen LogP contribution in [0.25, 0.3) is 0 Å². The zero-order valence-corrected chi connectivity index (χ0v) is 13.6. The van der Waals surface area contributed by atoms with Crippen molar-refractivity contribution in [3.63, 3.8) is 0 Å². The highest BCUT2D eigenvalue weighted by Crippen LogP contribution is 2.15. The van der Waals surface area contributed by atoms with E-state index in [1.54, 1.807) is 21.1 Å². The van der Waals surface area contributed by atoms with Gasteiger partial charge in [-0.15, -0.1) is 0 Å². The molecule has 124 valence electrons. The van der Waals surface area contributed by atoms with Crippen molar-refractivity contribution < 1.29 is 29.4 Å². The van der Waals surface area contributed by atoms with Crippen LogP contribution in [0.1, 0.15) is 39.0 Å². The fourth-order valence-corrected chi connectivity index (χ4v) is 2.26. The van der Waals surface area contributed by atoms with Gasteiger partial charge in [-0.25, -0.2) is 0 Å². The number of nitrogens with zero attached hydrogens (tertiary/aromatic N) is 1. The Morgan fingerprint density at radius 1 is 1.05 bits per heavy atom. The summed E-state index contributed by atoms with van der Waals surface area (Å²) in [5.41, 5.74) is 0. The summed E-state index contributed by atoms with van der Waals surface area (Å²) in [4.78, 5) is 23.3. The van der Waals surface area contributed by atoms with Crippen molar-refractivity contribution >= 4 is 11.8 Å². The van der Waals surface area contributed by atoms with Crippen LogP contribution < -0.4 is 0 Å². The Morgan fingerprint density at radius 2 is 1.62 bits per heavy atom. The van der Waals surface area contributed by atoms with Gasteiger partial charge in [0.2, 0.25) is 0 Å². The summed E-state index contributed by atoms with van der Waals surface area (Å²) >= 11 is 0. The number of carboxylic acid groups (broad SMARTS) is 1. The van der Waals surface area contributed by atoms with Crippen LogP contribution in [0, 0.1) is 5.92 Å². The van der Waals surface area contributed by atoms with Crippen LogP contribution in [0.4, 0.5) is 0 Å². The van der Waals surface area contributed by atoms with Crippen molar-refractivity contribution in [2.24, 2.45) is 5.92 Å². The number of carbonyl (C=O) groups excluding carboxylic acids is 1. The molecular weight excluding hydrogens is 274 g/mol. The van der Waals surface area contributed by atoms with Crippen LogP contribution in [0.5, 0.6) is 0 Å². The first-order valence-corrected chi connectivity index (χ1v) is 7.53. The zero-order valence-electron chi connectivity index (χ0n) is 13.6. The maximum Gasteiger partial charge on any atom is 0.317 e. The number of rotatable bonds is 11. The van der Waals surface area contributed by atoms with E-state index in [0.717, 1.165) is 19.3 Å². The number of hydrogen-bond acceptors (Lipinski definition) is 4. The van der Waals surface area contributed by atoms with Crippen molar-refractivity contribution in [1.29, 1.82) is 0 Å². The van der Waals surface area contributed by atoms with Gasteiger partial charge in [0.25, 0.3) is 0 Å². The highest BCUT2D eigenvalue weighted by Gasteiger charge is 2.39. The molecule has 0 aromatic heterocycles. The molecule has 0 rings (SSSR count). The third-order valence-corrected chi connectivity index (χ3v) is 3.35. The van der Waals surface area contributed by atoms with E-state index in [9.17, 15) is 24.9 Å². The number of likely N-dealkylation sites (N-methyl/N-ethyl adjacent to an activating group) is 1. The van der Waals surface area contributed by atoms with Gasteiger partial charge in [0, 0.05) is 0 Å². The number of aliphatic hydroxyl groups is 2. The first-order valence-electron chi connectivity index (χ1n) is 7.53. The van der Waals surface area contributed by atoms with E-state index in [4.69, 9.17) is 0 Å². The lowest BCUT2D eigenvalue weighted by atomic mass is 9.91. The summed E-state index contributed by atoms with van der Waals surface area (Å²) in [5, 5.41) is 29.0. The van der Waals surface area contributed by atoms with E-state index in [1.165, 1.54) is 0 Å². The third kappa shape index (κ3) is 8.14.